The first-order valence-electron chi connectivity index (χ1n) is 9.23. The molecule has 2 atom stereocenters. The minimum Gasteiger partial charge on any atom is -0.491 e. The molecule has 2 aromatic rings. The zero-order valence-corrected chi connectivity index (χ0v) is 18.2. The Morgan fingerprint density at radius 3 is 2.65 bits per heavy atom. The second-order valence-corrected chi connectivity index (χ2v) is 10.0. The summed E-state index contributed by atoms with van der Waals surface area (Å²) in [5.74, 6) is -3.92. The number of carbonyl (C=O) groups excluding carboxylic acids is 2. The summed E-state index contributed by atoms with van der Waals surface area (Å²) in [6, 6.07) is 3.78. The van der Waals surface area contributed by atoms with Crippen molar-refractivity contribution in [2.75, 3.05) is 23.6 Å². The lowest BCUT2D eigenvalue weighted by molar-refractivity contribution is -0.124. The monoisotopic (exact) mass is 452 g/mol. The van der Waals surface area contributed by atoms with Crippen molar-refractivity contribution in [1.29, 1.82) is 4.78 Å². The summed E-state index contributed by atoms with van der Waals surface area (Å²) in [4.78, 5) is 31.1. The fourth-order valence-corrected chi connectivity index (χ4v) is 4.06. The minimum absolute atomic E-state index is 0.00717. The van der Waals surface area contributed by atoms with Crippen LogP contribution in [0.3, 0.4) is 0 Å². The number of nitrogens with zero attached hydrogens (tertiary/aromatic N) is 2. The molecule has 0 unspecified atom stereocenters. The van der Waals surface area contributed by atoms with Crippen molar-refractivity contribution in [3.05, 3.63) is 42.1 Å². The maximum Gasteiger partial charge on any atom is 0.247 e. The van der Waals surface area contributed by atoms with Gasteiger partial charge in [0, 0.05) is 23.6 Å². The minimum atomic E-state index is -3.10. The van der Waals surface area contributed by atoms with Gasteiger partial charge in [0.15, 0.2) is 11.6 Å². The number of aromatic nitrogens is 1. The molecule has 0 spiro atoms. The average Bonchev–Trinajstić information content (AvgIpc) is 2.93. The van der Waals surface area contributed by atoms with Crippen molar-refractivity contribution in [1.82, 2.24) is 4.98 Å². The highest BCUT2D eigenvalue weighted by Gasteiger charge is 2.50. The Bertz CT molecular complexity index is 1170. The molecule has 2 N–H and O–H groups in total. The molecule has 2 heterocycles. The smallest absolute Gasteiger partial charge is 0.247 e. The van der Waals surface area contributed by atoms with E-state index in [1.54, 1.807) is 13.8 Å². The lowest BCUT2D eigenvalue weighted by Gasteiger charge is -2.26. The zero-order chi connectivity index (χ0) is 23.1. The summed E-state index contributed by atoms with van der Waals surface area (Å²) in [7, 11) is -1.96. The lowest BCUT2D eigenvalue weighted by Crippen LogP contribution is -2.42. The highest BCUT2D eigenvalue weighted by Crippen LogP contribution is 2.43. The molecule has 8 nitrogen and oxygen atoms in total. The number of amides is 2. The van der Waals surface area contributed by atoms with Gasteiger partial charge in [0.05, 0.1) is 22.5 Å². The van der Waals surface area contributed by atoms with Crippen LogP contribution in [0.15, 0.2) is 35.5 Å². The van der Waals surface area contributed by atoms with Crippen molar-refractivity contribution < 1.29 is 27.3 Å². The number of rotatable bonds is 5. The first-order chi connectivity index (χ1) is 14.4. The number of ether oxygens (including phenoxy) is 1. The predicted molar refractivity (Wildman–Crippen MR) is 111 cm³/mol. The molecule has 1 fully saturated rings. The number of halogens is 2. The van der Waals surface area contributed by atoms with E-state index in [1.807, 2.05) is 0 Å². The highest BCUT2D eigenvalue weighted by atomic mass is 32.2. The van der Waals surface area contributed by atoms with Crippen molar-refractivity contribution in [3.63, 3.8) is 0 Å². The van der Waals surface area contributed by atoms with Gasteiger partial charge >= 0.3 is 0 Å². The van der Waals surface area contributed by atoms with E-state index in [-0.39, 0.29) is 22.8 Å². The molecule has 1 saturated heterocycles. The van der Waals surface area contributed by atoms with Gasteiger partial charge in [-0.15, -0.1) is 0 Å². The summed E-state index contributed by atoms with van der Waals surface area (Å²) >= 11 is 0. The van der Waals surface area contributed by atoms with Crippen LogP contribution in [0.2, 0.25) is 0 Å². The summed E-state index contributed by atoms with van der Waals surface area (Å²) in [6.07, 6.45) is 2.62. The van der Waals surface area contributed by atoms with Crippen LogP contribution < -0.4 is 15.0 Å². The lowest BCUT2D eigenvalue weighted by atomic mass is 9.89. The van der Waals surface area contributed by atoms with Gasteiger partial charge in [0.2, 0.25) is 17.6 Å². The summed E-state index contributed by atoms with van der Waals surface area (Å²) < 4.78 is 52.5. The number of nitrogens with one attached hydrogen (secondary N) is 2. The summed E-state index contributed by atoms with van der Waals surface area (Å²) in [5.41, 5.74) is -0.762. The van der Waals surface area contributed by atoms with Gasteiger partial charge in [-0.1, -0.05) is 13.8 Å². The van der Waals surface area contributed by atoms with E-state index in [2.05, 4.69) is 10.3 Å². The van der Waals surface area contributed by atoms with E-state index in [4.69, 9.17) is 9.52 Å². The van der Waals surface area contributed by atoms with Gasteiger partial charge in [0.25, 0.3) is 0 Å². The van der Waals surface area contributed by atoms with E-state index in [9.17, 15) is 22.6 Å². The van der Waals surface area contributed by atoms with E-state index >= 15 is 0 Å². The largest absolute Gasteiger partial charge is 0.491 e. The number of hydrogen-bond acceptors (Lipinski definition) is 6. The topological polar surface area (TPSA) is 112 Å². The van der Waals surface area contributed by atoms with Crippen LogP contribution in [0.1, 0.15) is 20.3 Å². The van der Waals surface area contributed by atoms with Crippen LogP contribution in [0.4, 0.5) is 20.2 Å². The molecule has 3 rings (SSSR count). The van der Waals surface area contributed by atoms with Crippen molar-refractivity contribution in [3.8, 4) is 5.75 Å². The van der Waals surface area contributed by atoms with Crippen LogP contribution in [0.25, 0.3) is 0 Å². The van der Waals surface area contributed by atoms with E-state index in [1.165, 1.54) is 30.7 Å². The Hall–Kier alpha value is -3.08. The fraction of sp³-hybridized carbons (Fsp3) is 0.350. The van der Waals surface area contributed by atoms with Gasteiger partial charge in [-0.3, -0.25) is 14.5 Å². The maximum atomic E-state index is 14.3. The molecule has 0 radical (unpaired) electrons. The molecule has 0 bridgehead atoms. The second kappa shape index (κ2) is 7.88. The molecule has 1 aliphatic rings. The van der Waals surface area contributed by atoms with Crippen molar-refractivity contribution in [2.24, 2.45) is 5.41 Å². The van der Waals surface area contributed by atoms with Gasteiger partial charge in [-0.2, -0.15) is 4.39 Å². The Balaban J connectivity index is 2.01. The molecule has 2 amide bonds. The summed E-state index contributed by atoms with van der Waals surface area (Å²) in [6.45, 7) is 3.30. The quantitative estimate of drug-likeness (QED) is 0.724. The van der Waals surface area contributed by atoms with Crippen LogP contribution in [0, 0.1) is 21.8 Å². The Labute approximate surface area is 178 Å². The number of hydrogen-bond donors (Lipinski definition) is 2. The van der Waals surface area contributed by atoms with Crippen LogP contribution in [-0.2, 0) is 19.3 Å². The van der Waals surface area contributed by atoms with E-state index < -0.39 is 50.4 Å². The fourth-order valence-electron chi connectivity index (χ4n) is 3.45. The molecule has 1 aromatic carbocycles. The number of methoxy groups -OCH3 is 1. The molecular formula is C20H22F2N4O4S. The molecule has 0 saturated carbocycles. The zero-order valence-electron chi connectivity index (χ0n) is 17.4. The summed E-state index contributed by atoms with van der Waals surface area (Å²) in [5, 5.41) is 2.62. The van der Waals surface area contributed by atoms with Crippen molar-refractivity contribution >= 4 is 32.9 Å². The van der Waals surface area contributed by atoms with Gasteiger partial charge in [0.1, 0.15) is 11.1 Å². The normalized spacial score (nSPS) is 19.7. The third-order valence-corrected chi connectivity index (χ3v) is 6.03. The van der Waals surface area contributed by atoms with E-state index in [0.29, 0.717) is 0 Å². The SMILES string of the molecule is COc1c(N2C(=O)C(C)(C)C[C@H]2C(=O)Nc2ccnc([S@](C)(=N)=O)c2)ccc(F)c1F. The molecule has 166 valence electrons. The standard InChI is InChI=1S/C20H22F2N4O4S/c1-20(2)10-14(18(27)25-11-7-8-24-15(9-11)31(4,23)29)26(19(20)28)13-6-5-12(21)16(22)17(13)30-3/h5-9,14,23H,10H2,1-4H3,(H,24,25,27)/t14-,31+/m0/s1. The van der Waals surface area contributed by atoms with Crippen LogP contribution in [-0.4, -0.2) is 40.4 Å². The van der Waals surface area contributed by atoms with E-state index in [0.717, 1.165) is 18.1 Å². The van der Waals surface area contributed by atoms with Crippen LogP contribution >= 0.6 is 0 Å². The number of benzene rings is 1. The number of pyridine rings is 1. The predicted octanol–water partition coefficient (Wildman–Crippen LogP) is 3.17. The van der Waals surface area contributed by atoms with Crippen LogP contribution in [0.5, 0.6) is 5.75 Å². The molecule has 31 heavy (non-hydrogen) atoms. The second-order valence-electron chi connectivity index (χ2n) is 7.91. The third-order valence-electron chi connectivity index (χ3n) is 5.01. The third kappa shape index (κ3) is 4.22. The van der Waals surface area contributed by atoms with Gasteiger partial charge < -0.3 is 10.1 Å². The molecule has 1 aromatic heterocycles. The van der Waals surface area contributed by atoms with Gasteiger partial charge in [-0.05, 0) is 30.7 Å². The number of anilines is 2. The molecular weight excluding hydrogens is 430 g/mol. The molecule has 0 aliphatic carbocycles. The Morgan fingerprint density at radius 1 is 1.35 bits per heavy atom. The molecule has 1 aliphatic heterocycles. The Kier molecular flexibility index (Phi) is 5.74. The average molecular weight is 452 g/mol. The number of carbonyl (C=O) groups is 2. The maximum absolute atomic E-state index is 14.3. The highest BCUT2D eigenvalue weighted by molar-refractivity contribution is 7.91. The van der Waals surface area contributed by atoms with Crippen molar-refractivity contribution in [2.45, 2.75) is 31.3 Å². The van der Waals surface area contributed by atoms with Gasteiger partial charge in [-0.25, -0.2) is 18.4 Å². The first kappa shape index (κ1) is 22.6. The first-order valence-corrected chi connectivity index (χ1v) is 11.2. The molecule has 11 heteroatoms. The Morgan fingerprint density at radius 2 is 2.03 bits per heavy atom.